The number of hydrogen-bond acceptors (Lipinski definition) is 3. The van der Waals surface area contributed by atoms with Crippen molar-refractivity contribution in [3.63, 3.8) is 0 Å². The summed E-state index contributed by atoms with van der Waals surface area (Å²) in [6, 6.07) is 12.5. The Kier molecular flexibility index (Phi) is 5.98. The van der Waals surface area contributed by atoms with Crippen molar-refractivity contribution < 1.29 is 9.18 Å². The molecule has 1 aliphatic rings. The van der Waals surface area contributed by atoms with E-state index in [4.69, 9.17) is 11.6 Å². The lowest BCUT2D eigenvalue weighted by Gasteiger charge is -2.33. The number of hydrogen-bond donors (Lipinski definition) is 1. The SMILES string of the molecule is Cc1ccc(CNC(=O)C2CCN(c3ccc(Cl)cc3C#N)CC2)cc1F. The molecule has 2 aromatic carbocycles. The molecule has 3 rings (SSSR count). The lowest BCUT2D eigenvalue weighted by molar-refractivity contribution is -0.125. The van der Waals surface area contributed by atoms with Crippen molar-refractivity contribution in [1.29, 1.82) is 5.26 Å². The number of nitrogens with zero attached hydrogens (tertiary/aromatic N) is 2. The summed E-state index contributed by atoms with van der Waals surface area (Å²) in [5, 5.41) is 12.7. The third-order valence-corrected chi connectivity index (χ3v) is 5.22. The molecule has 0 bridgehead atoms. The molecular weight excluding hydrogens is 365 g/mol. The summed E-state index contributed by atoms with van der Waals surface area (Å²) >= 11 is 5.96. The average molecular weight is 386 g/mol. The van der Waals surface area contributed by atoms with E-state index in [1.807, 2.05) is 12.1 Å². The highest BCUT2D eigenvalue weighted by molar-refractivity contribution is 6.30. The zero-order chi connectivity index (χ0) is 19.4. The molecule has 0 spiro atoms. The van der Waals surface area contributed by atoms with E-state index in [2.05, 4.69) is 16.3 Å². The number of amides is 1. The van der Waals surface area contributed by atoms with Crippen LogP contribution in [0, 0.1) is 30.0 Å². The Bertz CT molecular complexity index is 885. The van der Waals surface area contributed by atoms with Gasteiger partial charge in [-0.05, 0) is 55.2 Å². The topological polar surface area (TPSA) is 56.1 Å². The summed E-state index contributed by atoms with van der Waals surface area (Å²) in [4.78, 5) is 14.6. The maximum atomic E-state index is 13.6. The van der Waals surface area contributed by atoms with Crippen LogP contribution in [0.1, 0.15) is 29.5 Å². The van der Waals surface area contributed by atoms with Gasteiger partial charge < -0.3 is 10.2 Å². The largest absolute Gasteiger partial charge is 0.370 e. The van der Waals surface area contributed by atoms with Crippen molar-refractivity contribution in [3.05, 3.63) is 63.9 Å². The number of carbonyl (C=O) groups excluding carboxylic acids is 1. The van der Waals surface area contributed by atoms with Gasteiger partial charge in [-0.2, -0.15) is 5.26 Å². The number of benzene rings is 2. The Balaban J connectivity index is 1.55. The Labute approximate surface area is 163 Å². The molecule has 0 atom stereocenters. The normalized spacial score (nSPS) is 14.7. The van der Waals surface area contributed by atoms with Gasteiger partial charge in [-0.3, -0.25) is 4.79 Å². The van der Waals surface area contributed by atoms with Gasteiger partial charge in [0.15, 0.2) is 0 Å². The maximum absolute atomic E-state index is 13.6. The minimum atomic E-state index is -0.258. The van der Waals surface area contributed by atoms with Gasteiger partial charge in [-0.25, -0.2) is 4.39 Å². The molecule has 1 saturated heterocycles. The van der Waals surface area contributed by atoms with Crippen molar-refractivity contribution in [2.24, 2.45) is 5.92 Å². The highest BCUT2D eigenvalue weighted by Gasteiger charge is 2.26. The van der Waals surface area contributed by atoms with Crippen molar-refractivity contribution in [3.8, 4) is 6.07 Å². The molecule has 27 heavy (non-hydrogen) atoms. The second kappa shape index (κ2) is 8.41. The molecule has 0 aromatic heterocycles. The summed E-state index contributed by atoms with van der Waals surface area (Å²) in [5.41, 5.74) is 2.75. The van der Waals surface area contributed by atoms with Crippen LogP contribution < -0.4 is 10.2 Å². The second-order valence-electron chi connectivity index (χ2n) is 6.84. The third-order valence-electron chi connectivity index (χ3n) is 4.99. The number of carbonyl (C=O) groups is 1. The Morgan fingerprint density at radius 3 is 2.70 bits per heavy atom. The van der Waals surface area contributed by atoms with E-state index >= 15 is 0 Å². The third kappa shape index (κ3) is 4.58. The molecule has 6 heteroatoms. The van der Waals surface area contributed by atoms with E-state index < -0.39 is 0 Å². The highest BCUT2D eigenvalue weighted by atomic mass is 35.5. The van der Waals surface area contributed by atoms with E-state index in [0.29, 0.717) is 48.6 Å². The first kappa shape index (κ1) is 19.2. The van der Waals surface area contributed by atoms with Gasteiger partial charge in [0, 0.05) is 30.6 Å². The molecule has 0 aliphatic carbocycles. The standard InChI is InChI=1S/C21H21ClFN3O/c1-14-2-3-15(10-19(14)23)13-25-21(27)16-6-8-26(9-7-16)20-5-4-18(22)11-17(20)12-24/h2-5,10-11,16H,6-9,13H2,1H3,(H,25,27). The number of halogens is 2. The van der Waals surface area contributed by atoms with Crippen molar-refractivity contribution >= 4 is 23.2 Å². The maximum Gasteiger partial charge on any atom is 0.223 e. The van der Waals surface area contributed by atoms with Crippen LogP contribution in [0.4, 0.5) is 10.1 Å². The Hall–Kier alpha value is -2.58. The molecular formula is C21H21ClFN3O. The van der Waals surface area contributed by atoms with Crippen LogP contribution in [-0.4, -0.2) is 19.0 Å². The number of rotatable bonds is 4. The first-order chi connectivity index (χ1) is 13.0. The van der Waals surface area contributed by atoms with E-state index in [-0.39, 0.29) is 17.6 Å². The van der Waals surface area contributed by atoms with Crippen LogP contribution in [0.2, 0.25) is 5.02 Å². The van der Waals surface area contributed by atoms with Crippen LogP contribution >= 0.6 is 11.6 Å². The predicted molar refractivity (Wildman–Crippen MR) is 104 cm³/mol. The molecule has 1 heterocycles. The second-order valence-corrected chi connectivity index (χ2v) is 7.27. The lowest BCUT2D eigenvalue weighted by atomic mass is 9.95. The van der Waals surface area contributed by atoms with Gasteiger partial charge in [0.05, 0.1) is 11.3 Å². The van der Waals surface area contributed by atoms with Crippen LogP contribution in [0.3, 0.4) is 0 Å². The van der Waals surface area contributed by atoms with Gasteiger partial charge >= 0.3 is 0 Å². The van der Waals surface area contributed by atoms with Gasteiger partial charge in [0.1, 0.15) is 11.9 Å². The van der Waals surface area contributed by atoms with Crippen molar-refractivity contribution in [2.45, 2.75) is 26.3 Å². The number of aryl methyl sites for hydroxylation is 1. The zero-order valence-corrected chi connectivity index (χ0v) is 15.9. The minimum absolute atomic E-state index is 0.00718. The van der Waals surface area contributed by atoms with E-state index in [1.54, 1.807) is 25.1 Å². The molecule has 1 aliphatic heterocycles. The molecule has 0 unspecified atom stereocenters. The smallest absolute Gasteiger partial charge is 0.223 e. The minimum Gasteiger partial charge on any atom is -0.370 e. The monoisotopic (exact) mass is 385 g/mol. The molecule has 1 amide bonds. The van der Waals surface area contributed by atoms with Crippen LogP contribution in [0.25, 0.3) is 0 Å². The number of piperidine rings is 1. The van der Waals surface area contributed by atoms with Crippen LogP contribution in [0.5, 0.6) is 0 Å². The molecule has 1 fully saturated rings. The van der Waals surface area contributed by atoms with Crippen molar-refractivity contribution in [2.75, 3.05) is 18.0 Å². The van der Waals surface area contributed by atoms with Crippen LogP contribution in [-0.2, 0) is 11.3 Å². The van der Waals surface area contributed by atoms with E-state index in [9.17, 15) is 14.4 Å². The van der Waals surface area contributed by atoms with E-state index in [0.717, 1.165) is 11.3 Å². The number of nitriles is 1. The van der Waals surface area contributed by atoms with Gasteiger partial charge in [-0.15, -0.1) is 0 Å². The Morgan fingerprint density at radius 1 is 1.30 bits per heavy atom. The predicted octanol–water partition coefficient (Wildman–Crippen LogP) is 4.19. The first-order valence-electron chi connectivity index (χ1n) is 8.95. The quantitative estimate of drug-likeness (QED) is 0.858. The number of anilines is 1. The summed E-state index contributed by atoms with van der Waals surface area (Å²) in [7, 11) is 0. The van der Waals surface area contributed by atoms with Crippen LogP contribution in [0.15, 0.2) is 36.4 Å². The average Bonchev–Trinajstić information content (AvgIpc) is 2.68. The fourth-order valence-electron chi connectivity index (χ4n) is 3.34. The molecule has 4 nitrogen and oxygen atoms in total. The molecule has 2 aromatic rings. The van der Waals surface area contributed by atoms with Gasteiger partial charge in [0.25, 0.3) is 0 Å². The molecule has 140 valence electrons. The van der Waals surface area contributed by atoms with Gasteiger partial charge in [-0.1, -0.05) is 23.7 Å². The summed E-state index contributed by atoms with van der Waals surface area (Å²) < 4.78 is 13.6. The van der Waals surface area contributed by atoms with E-state index in [1.165, 1.54) is 6.07 Å². The molecule has 0 saturated carbocycles. The molecule has 0 radical (unpaired) electrons. The highest BCUT2D eigenvalue weighted by Crippen LogP contribution is 2.28. The summed E-state index contributed by atoms with van der Waals surface area (Å²) in [6.45, 7) is 3.44. The van der Waals surface area contributed by atoms with Gasteiger partial charge in [0.2, 0.25) is 5.91 Å². The first-order valence-corrected chi connectivity index (χ1v) is 9.33. The van der Waals surface area contributed by atoms with Crippen molar-refractivity contribution in [1.82, 2.24) is 5.32 Å². The number of nitrogens with one attached hydrogen (secondary N) is 1. The zero-order valence-electron chi connectivity index (χ0n) is 15.1. The molecule has 1 N–H and O–H groups in total. The lowest BCUT2D eigenvalue weighted by Crippen LogP contribution is -2.40. The fourth-order valence-corrected chi connectivity index (χ4v) is 3.51. The Morgan fingerprint density at radius 2 is 2.04 bits per heavy atom. The fraction of sp³-hybridized carbons (Fsp3) is 0.333. The summed E-state index contributed by atoms with van der Waals surface area (Å²) in [5.74, 6) is -0.340. The summed E-state index contributed by atoms with van der Waals surface area (Å²) in [6.07, 6.45) is 1.42.